The summed E-state index contributed by atoms with van der Waals surface area (Å²) in [6.45, 7) is 3.55. The van der Waals surface area contributed by atoms with Gasteiger partial charge in [0.15, 0.2) is 0 Å². The lowest BCUT2D eigenvalue weighted by molar-refractivity contribution is 0.252. The Kier molecular flexibility index (Phi) is 4.55. The Bertz CT molecular complexity index is 357. The van der Waals surface area contributed by atoms with E-state index in [1.807, 2.05) is 12.3 Å². The third-order valence-corrected chi connectivity index (χ3v) is 3.63. The molecule has 2 rings (SSSR count). The monoisotopic (exact) mass is 280 g/mol. The number of hydrogen-bond donors (Lipinski definition) is 0. The van der Waals surface area contributed by atoms with Crippen LogP contribution in [0.25, 0.3) is 6.08 Å². The Morgan fingerprint density at radius 3 is 2.88 bits per heavy atom. The van der Waals surface area contributed by atoms with Gasteiger partial charge in [-0.05, 0) is 32.0 Å². The van der Waals surface area contributed by atoms with Crippen LogP contribution in [0.4, 0.5) is 0 Å². The molecule has 0 unspecified atom stereocenters. The molecule has 1 aromatic rings. The minimum Gasteiger partial charge on any atom is -0.300 e. The lowest BCUT2D eigenvalue weighted by Crippen LogP contribution is -2.29. The molecule has 0 saturated carbocycles. The van der Waals surface area contributed by atoms with Crippen molar-refractivity contribution in [1.82, 2.24) is 9.88 Å². The summed E-state index contributed by atoms with van der Waals surface area (Å²) < 4.78 is 1.11. The van der Waals surface area contributed by atoms with Crippen LogP contribution in [0.3, 0.4) is 0 Å². The normalized spacial score (nSPS) is 18.1. The molecule has 1 fully saturated rings. The maximum absolute atomic E-state index is 4.12. The van der Waals surface area contributed by atoms with E-state index < -0.39 is 0 Å². The summed E-state index contributed by atoms with van der Waals surface area (Å²) in [4.78, 5) is 6.62. The zero-order valence-corrected chi connectivity index (χ0v) is 11.0. The van der Waals surface area contributed by atoms with E-state index in [4.69, 9.17) is 0 Å². The molecular weight excluding hydrogens is 264 g/mol. The molecule has 1 aliphatic rings. The maximum Gasteiger partial charge on any atom is 0.0351 e. The fourth-order valence-corrected chi connectivity index (χ4v) is 2.34. The maximum atomic E-state index is 4.12. The van der Waals surface area contributed by atoms with Gasteiger partial charge in [0, 0.05) is 29.0 Å². The molecule has 0 radical (unpaired) electrons. The molecular formula is C13H17BrN2. The molecule has 1 aromatic heterocycles. The van der Waals surface area contributed by atoms with E-state index in [1.165, 1.54) is 32.4 Å². The van der Waals surface area contributed by atoms with Crippen molar-refractivity contribution in [2.45, 2.75) is 19.3 Å². The highest BCUT2D eigenvalue weighted by Gasteiger charge is 2.07. The first-order chi connectivity index (χ1) is 7.86. The van der Waals surface area contributed by atoms with Crippen molar-refractivity contribution in [3.63, 3.8) is 0 Å². The summed E-state index contributed by atoms with van der Waals surface area (Å²) in [5, 5.41) is 0. The van der Waals surface area contributed by atoms with Crippen LogP contribution in [0.1, 0.15) is 24.8 Å². The summed E-state index contributed by atoms with van der Waals surface area (Å²) in [6.07, 6.45) is 12.2. The highest BCUT2D eigenvalue weighted by molar-refractivity contribution is 9.10. The molecule has 0 aliphatic carbocycles. The lowest BCUT2D eigenvalue weighted by Gasteiger charge is -2.24. The molecule has 1 aliphatic heterocycles. The minimum absolute atomic E-state index is 1.06. The van der Waals surface area contributed by atoms with Crippen molar-refractivity contribution in [2.24, 2.45) is 0 Å². The third-order valence-electron chi connectivity index (χ3n) is 2.91. The van der Waals surface area contributed by atoms with Crippen molar-refractivity contribution in [2.75, 3.05) is 19.6 Å². The molecule has 16 heavy (non-hydrogen) atoms. The van der Waals surface area contributed by atoms with Crippen LogP contribution in [0.5, 0.6) is 0 Å². The predicted molar refractivity (Wildman–Crippen MR) is 71.3 cm³/mol. The first kappa shape index (κ1) is 11.8. The van der Waals surface area contributed by atoms with Crippen LogP contribution in [0.2, 0.25) is 0 Å². The first-order valence-electron chi connectivity index (χ1n) is 5.85. The second kappa shape index (κ2) is 6.16. The van der Waals surface area contributed by atoms with Crippen LogP contribution < -0.4 is 0 Å². The molecule has 0 bridgehead atoms. The summed E-state index contributed by atoms with van der Waals surface area (Å²) in [7, 11) is 0. The number of piperidine rings is 1. The SMILES string of the molecule is Brc1ccncc1C=CCN1CCCCC1. The standard InChI is InChI=1S/C13H17BrN2/c14-13-6-7-15-11-12(13)5-4-10-16-8-2-1-3-9-16/h4-7,11H,1-3,8-10H2. The van der Waals surface area contributed by atoms with Crippen LogP contribution >= 0.6 is 15.9 Å². The van der Waals surface area contributed by atoms with Gasteiger partial charge in [-0.2, -0.15) is 0 Å². The second-order valence-corrected chi connectivity index (χ2v) is 5.02. The van der Waals surface area contributed by atoms with Crippen LogP contribution in [-0.2, 0) is 0 Å². The van der Waals surface area contributed by atoms with Crippen molar-refractivity contribution in [1.29, 1.82) is 0 Å². The van der Waals surface area contributed by atoms with Gasteiger partial charge in [0.2, 0.25) is 0 Å². The molecule has 0 atom stereocenters. The van der Waals surface area contributed by atoms with E-state index in [0.717, 1.165) is 16.6 Å². The van der Waals surface area contributed by atoms with E-state index in [0.29, 0.717) is 0 Å². The first-order valence-corrected chi connectivity index (χ1v) is 6.64. The lowest BCUT2D eigenvalue weighted by atomic mass is 10.1. The highest BCUT2D eigenvalue weighted by atomic mass is 79.9. The Morgan fingerprint density at radius 1 is 1.31 bits per heavy atom. The van der Waals surface area contributed by atoms with Gasteiger partial charge in [-0.3, -0.25) is 9.88 Å². The Morgan fingerprint density at radius 2 is 2.12 bits per heavy atom. The van der Waals surface area contributed by atoms with Crippen molar-refractivity contribution in [3.05, 3.63) is 34.6 Å². The number of rotatable bonds is 3. The van der Waals surface area contributed by atoms with Gasteiger partial charge in [-0.25, -0.2) is 0 Å². The van der Waals surface area contributed by atoms with E-state index in [2.05, 4.69) is 38.0 Å². The number of nitrogens with zero attached hydrogens (tertiary/aromatic N) is 2. The predicted octanol–water partition coefficient (Wildman–Crippen LogP) is 3.34. The van der Waals surface area contributed by atoms with E-state index in [9.17, 15) is 0 Å². The van der Waals surface area contributed by atoms with E-state index in [-0.39, 0.29) is 0 Å². The van der Waals surface area contributed by atoms with Gasteiger partial charge in [0.1, 0.15) is 0 Å². The topological polar surface area (TPSA) is 16.1 Å². The molecule has 2 heterocycles. The highest BCUT2D eigenvalue weighted by Crippen LogP contribution is 2.16. The molecule has 0 N–H and O–H groups in total. The van der Waals surface area contributed by atoms with Crippen LogP contribution in [0.15, 0.2) is 29.0 Å². The quantitative estimate of drug-likeness (QED) is 0.844. The zero-order valence-electron chi connectivity index (χ0n) is 9.40. The van der Waals surface area contributed by atoms with Gasteiger partial charge in [0.25, 0.3) is 0 Å². The van der Waals surface area contributed by atoms with E-state index >= 15 is 0 Å². The molecule has 0 spiro atoms. The largest absolute Gasteiger partial charge is 0.300 e. The van der Waals surface area contributed by atoms with Gasteiger partial charge in [-0.1, -0.05) is 34.5 Å². The van der Waals surface area contributed by atoms with Gasteiger partial charge in [-0.15, -0.1) is 0 Å². The minimum atomic E-state index is 1.06. The average Bonchev–Trinajstić information content (AvgIpc) is 2.33. The molecule has 0 amide bonds. The smallest absolute Gasteiger partial charge is 0.0351 e. The fraction of sp³-hybridized carbons (Fsp3) is 0.462. The summed E-state index contributed by atoms with van der Waals surface area (Å²) in [6, 6.07) is 1.97. The Hall–Kier alpha value is -0.670. The average molecular weight is 281 g/mol. The second-order valence-electron chi connectivity index (χ2n) is 4.16. The number of likely N-dealkylation sites (tertiary alicyclic amines) is 1. The summed E-state index contributed by atoms with van der Waals surface area (Å²) in [5.74, 6) is 0. The van der Waals surface area contributed by atoms with Crippen LogP contribution in [0, 0.1) is 0 Å². The Balaban J connectivity index is 1.87. The molecule has 86 valence electrons. The van der Waals surface area contributed by atoms with Gasteiger partial charge in [0.05, 0.1) is 0 Å². The molecule has 0 aromatic carbocycles. The van der Waals surface area contributed by atoms with Crippen molar-refractivity contribution >= 4 is 22.0 Å². The summed E-state index contributed by atoms with van der Waals surface area (Å²) in [5.41, 5.74) is 1.15. The zero-order chi connectivity index (χ0) is 11.2. The number of halogens is 1. The molecule has 1 saturated heterocycles. The number of pyridine rings is 1. The Labute approximate surface area is 106 Å². The van der Waals surface area contributed by atoms with Crippen molar-refractivity contribution in [3.8, 4) is 0 Å². The number of hydrogen-bond acceptors (Lipinski definition) is 2. The van der Waals surface area contributed by atoms with Crippen LogP contribution in [-0.4, -0.2) is 29.5 Å². The fourth-order valence-electron chi connectivity index (χ4n) is 1.98. The van der Waals surface area contributed by atoms with E-state index in [1.54, 1.807) is 6.20 Å². The molecule has 3 heteroatoms. The van der Waals surface area contributed by atoms with Gasteiger partial charge >= 0.3 is 0 Å². The summed E-state index contributed by atoms with van der Waals surface area (Å²) >= 11 is 3.52. The third kappa shape index (κ3) is 3.42. The number of aromatic nitrogens is 1. The van der Waals surface area contributed by atoms with Gasteiger partial charge < -0.3 is 0 Å². The molecule has 2 nitrogen and oxygen atoms in total. The van der Waals surface area contributed by atoms with Crippen molar-refractivity contribution < 1.29 is 0 Å².